The van der Waals surface area contributed by atoms with E-state index in [2.05, 4.69) is 21.5 Å². The number of hydrogen-bond donors (Lipinski definition) is 2. The van der Waals surface area contributed by atoms with Crippen molar-refractivity contribution in [3.05, 3.63) is 47.5 Å². The molecular weight excluding hydrogens is 424 g/mol. The molecule has 0 spiro atoms. The van der Waals surface area contributed by atoms with Crippen molar-refractivity contribution in [3.63, 3.8) is 0 Å². The van der Waals surface area contributed by atoms with Crippen molar-refractivity contribution in [1.82, 2.24) is 15.5 Å². The van der Waals surface area contributed by atoms with E-state index in [1.54, 1.807) is 18.2 Å². The SMILES string of the molecule is CC(C)Oc1ccc(-c2nc(-c3cccc4c3OCCNC4CCC(=O)O)no2)cc1C#N. The van der Waals surface area contributed by atoms with Crippen LogP contribution in [0.25, 0.3) is 22.8 Å². The van der Waals surface area contributed by atoms with Gasteiger partial charge in [-0.2, -0.15) is 10.2 Å². The van der Waals surface area contributed by atoms with Crippen LogP contribution in [0.5, 0.6) is 11.5 Å². The van der Waals surface area contributed by atoms with Crippen LogP contribution < -0.4 is 14.8 Å². The number of aliphatic carboxylic acids is 1. The molecule has 0 aliphatic carbocycles. The van der Waals surface area contributed by atoms with Gasteiger partial charge in [0.1, 0.15) is 24.2 Å². The Kier molecular flexibility index (Phi) is 6.56. The Bertz CT molecular complexity index is 1200. The predicted octanol–water partition coefficient (Wildman–Crippen LogP) is 3.95. The topological polar surface area (TPSA) is 130 Å². The summed E-state index contributed by atoms with van der Waals surface area (Å²) in [6, 6.07) is 12.7. The number of nitrogens with one attached hydrogen (secondary N) is 1. The lowest BCUT2D eigenvalue weighted by molar-refractivity contribution is -0.137. The molecule has 2 aromatic carbocycles. The van der Waals surface area contributed by atoms with Crippen LogP contribution in [0.2, 0.25) is 0 Å². The molecule has 1 aliphatic heterocycles. The molecule has 170 valence electrons. The van der Waals surface area contributed by atoms with Gasteiger partial charge in [-0.05, 0) is 44.5 Å². The second-order valence-corrected chi connectivity index (χ2v) is 7.92. The average molecular weight is 448 g/mol. The molecule has 0 radical (unpaired) electrons. The third-order valence-electron chi connectivity index (χ3n) is 5.18. The molecule has 3 aromatic rings. The van der Waals surface area contributed by atoms with Crippen molar-refractivity contribution in [2.45, 2.75) is 38.8 Å². The van der Waals surface area contributed by atoms with Crippen LogP contribution in [0.15, 0.2) is 40.9 Å². The van der Waals surface area contributed by atoms with Gasteiger partial charge in [0.05, 0.1) is 17.2 Å². The van der Waals surface area contributed by atoms with Crippen molar-refractivity contribution >= 4 is 5.97 Å². The Morgan fingerprint density at radius 3 is 2.97 bits per heavy atom. The molecule has 33 heavy (non-hydrogen) atoms. The Morgan fingerprint density at radius 2 is 2.21 bits per heavy atom. The van der Waals surface area contributed by atoms with E-state index in [1.807, 2.05) is 32.0 Å². The minimum Gasteiger partial charge on any atom is -0.491 e. The zero-order chi connectivity index (χ0) is 23.4. The van der Waals surface area contributed by atoms with E-state index in [-0.39, 0.29) is 24.5 Å². The summed E-state index contributed by atoms with van der Waals surface area (Å²) in [5, 5.41) is 26.0. The summed E-state index contributed by atoms with van der Waals surface area (Å²) in [7, 11) is 0. The molecule has 9 nitrogen and oxygen atoms in total. The molecule has 9 heteroatoms. The fourth-order valence-corrected chi connectivity index (χ4v) is 3.75. The Balaban J connectivity index is 1.66. The van der Waals surface area contributed by atoms with Crippen LogP contribution in [0.4, 0.5) is 0 Å². The van der Waals surface area contributed by atoms with Crippen LogP contribution in [-0.2, 0) is 4.79 Å². The van der Waals surface area contributed by atoms with Gasteiger partial charge >= 0.3 is 5.97 Å². The summed E-state index contributed by atoms with van der Waals surface area (Å²) in [4.78, 5) is 15.6. The van der Waals surface area contributed by atoms with Crippen molar-refractivity contribution in [2.24, 2.45) is 0 Å². The fraction of sp³-hybridized carbons (Fsp3) is 0.333. The van der Waals surface area contributed by atoms with Gasteiger partial charge in [0.25, 0.3) is 5.89 Å². The van der Waals surface area contributed by atoms with Gasteiger partial charge in [0.15, 0.2) is 0 Å². The maximum absolute atomic E-state index is 11.1. The van der Waals surface area contributed by atoms with Gasteiger partial charge < -0.3 is 24.4 Å². The van der Waals surface area contributed by atoms with Gasteiger partial charge in [0, 0.05) is 30.1 Å². The van der Waals surface area contributed by atoms with Gasteiger partial charge in [-0.1, -0.05) is 17.3 Å². The number of carboxylic acid groups (broad SMARTS) is 1. The molecule has 2 heterocycles. The van der Waals surface area contributed by atoms with E-state index in [0.717, 1.165) is 5.56 Å². The fourth-order valence-electron chi connectivity index (χ4n) is 3.75. The molecule has 2 N–H and O–H groups in total. The molecule has 0 saturated carbocycles. The van der Waals surface area contributed by atoms with Crippen molar-refractivity contribution in [1.29, 1.82) is 5.26 Å². The quantitative estimate of drug-likeness (QED) is 0.551. The molecule has 0 fully saturated rings. The minimum atomic E-state index is -0.843. The molecule has 0 amide bonds. The predicted molar refractivity (Wildman–Crippen MR) is 119 cm³/mol. The lowest BCUT2D eigenvalue weighted by atomic mass is 9.98. The van der Waals surface area contributed by atoms with Crippen LogP contribution in [0.1, 0.15) is 43.9 Å². The highest BCUT2D eigenvalue weighted by molar-refractivity contribution is 5.70. The smallest absolute Gasteiger partial charge is 0.303 e. The minimum absolute atomic E-state index is 0.0471. The lowest BCUT2D eigenvalue weighted by Gasteiger charge is -2.17. The third kappa shape index (κ3) is 4.96. The maximum atomic E-state index is 11.1. The Labute approximate surface area is 190 Å². The van der Waals surface area contributed by atoms with Crippen LogP contribution in [-0.4, -0.2) is 40.5 Å². The zero-order valence-electron chi connectivity index (χ0n) is 18.4. The lowest BCUT2D eigenvalue weighted by Crippen LogP contribution is -2.23. The molecule has 0 saturated heterocycles. The monoisotopic (exact) mass is 448 g/mol. The molecule has 1 atom stereocenters. The van der Waals surface area contributed by atoms with Crippen molar-refractivity contribution in [2.75, 3.05) is 13.2 Å². The first kappa shape index (κ1) is 22.3. The van der Waals surface area contributed by atoms with E-state index in [9.17, 15) is 10.1 Å². The standard InChI is InChI=1S/C24H24N4O5/c1-14(2)32-20-8-6-15(12-16(20)13-25)24-27-23(28-33-24)18-5-3-4-17-19(7-9-21(29)30)26-10-11-31-22(17)18/h3-6,8,12,14,19,26H,7,9-11H2,1-2H3,(H,29,30). The van der Waals surface area contributed by atoms with Crippen molar-refractivity contribution < 1.29 is 23.9 Å². The number of fused-ring (bicyclic) bond motifs is 1. The number of carboxylic acids is 1. The number of nitriles is 1. The first-order valence-electron chi connectivity index (χ1n) is 10.7. The molecule has 1 aromatic heterocycles. The van der Waals surface area contributed by atoms with Gasteiger partial charge in [-0.3, -0.25) is 4.79 Å². The number of benzene rings is 2. The number of ether oxygens (including phenoxy) is 2. The molecule has 1 unspecified atom stereocenters. The number of para-hydroxylation sites is 1. The van der Waals surface area contributed by atoms with E-state index in [4.69, 9.17) is 19.1 Å². The molecule has 1 aliphatic rings. The van der Waals surface area contributed by atoms with Crippen LogP contribution in [0.3, 0.4) is 0 Å². The van der Waals surface area contributed by atoms with E-state index in [0.29, 0.717) is 53.6 Å². The number of hydrogen-bond acceptors (Lipinski definition) is 8. The number of aromatic nitrogens is 2. The van der Waals surface area contributed by atoms with Crippen LogP contribution >= 0.6 is 0 Å². The molecule has 0 bridgehead atoms. The summed E-state index contributed by atoms with van der Waals surface area (Å²) in [6.07, 6.45) is 0.430. The largest absolute Gasteiger partial charge is 0.491 e. The third-order valence-corrected chi connectivity index (χ3v) is 5.18. The summed E-state index contributed by atoms with van der Waals surface area (Å²) in [5.74, 6) is 0.886. The molecule has 4 rings (SSSR count). The first-order chi connectivity index (χ1) is 16.0. The first-order valence-corrected chi connectivity index (χ1v) is 10.7. The Morgan fingerprint density at radius 1 is 1.36 bits per heavy atom. The summed E-state index contributed by atoms with van der Waals surface area (Å²) in [5.41, 5.74) is 2.50. The average Bonchev–Trinajstić information content (AvgIpc) is 3.19. The summed E-state index contributed by atoms with van der Waals surface area (Å²) >= 11 is 0. The maximum Gasteiger partial charge on any atom is 0.303 e. The van der Waals surface area contributed by atoms with E-state index >= 15 is 0 Å². The Hall–Kier alpha value is -3.90. The van der Waals surface area contributed by atoms with Crippen molar-refractivity contribution in [3.8, 4) is 40.4 Å². The van der Waals surface area contributed by atoms with Gasteiger partial charge in [-0.15, -0.1) is 0 Å². The van der Waals surface area contributed by atoms with Crippen LogP contribution in [0, 0.1) is 11.3 Å². The number of rotatable bonds is 7. The molecular formula is C24H24N4O5. The highest BCUT2D eigenvalue weighted by atomic mass is 16.5. The summed E-state index contributed by atoms with van der Waals surface area (Å²) < 4.78 is 17.1. The van der Waals surface area contributed by atoms with E-state index < -0.39 is 5.97 Å². The normalized spacial score (nSPS) is 15.3. The second-order valence-electron chi connectivity index (χ2n) is 7.92. The van der Waals surface area contributed by atoms with Gasteiger partial charge in [0.2, 0.25) is 5.82 Å². The van der Waals surface area contributed by atoms with Gasteiger partial charge in [-0.25, -0.2) is 0 Å². The number of nitrogens with zero attached hydrogens (tertiary/aromatic N) is 3. The number of carbonyl (C=O) groups is 1. The zero-order valence-corrected chi connectivity index (χ0v) is 18.4. The highest BCUT2D eigenvalue weighted by Crippen LogP contribution is 2.38. The van der Waals surface area contributed by atoms with E-state index in [1.165, 1.54) is 0 Å². The summed E-state index contributed by atoms with van der Waals surface area (Å²) in [6.45, 7) is 4.82. The highest BCUT2D eigenvalue weighted by Gasteiger charge is 2.25. The second kappa shape index (κ2) is 9.71.